The monoisotopic (exact) mass is 318 g/mol. The van der Waals surface area contributed by atoms with E-state index in [9.17, 15) is 0 Å². The average Bonchev–Trinajstić information content (AvgIpc) is 2.74. The highest BCUT2D eigenvalue weighted by Crippen LogP contribution is 2.24. The number of hydrogen-bond acceptors (Lipinski definition) is 3. The highest BCUT2D eigenvalue weighted by molar-refractivity contribution is 14.1. The predicted octanol–water partition coefficient (Wildman–Crippen LogP) is 2.29. The number of halogens is 1. The molecule has 15 heavy (non-hydrogen) atoms. The summed E-state index contributed by atoms with van der Waals surface area (Å²) in [4.78, 5) is 6.71. The Kier molecular flexibility index (Phi) is 3.80. The van der Waals surface area contributed by atoms with Crippen molar-refractivity contribution in [1.29, 1.82) is 0 Å². The Morgan fingerprint density at radius 3 is 2.87 bits per heavy atom. The Hall–Kier alpha value is -0.360. The third-order valence-electron chi connectivity index (χ3n) is 2.73. The number of methoxy groups -OCH3 is 1. The second-order valence-electron chi connectivity index (χ2n) is 3.76. The van der Waals surface area contributed by atoms with Crippen LogP contribution in [-0.2, 0) is 6.54 Å². The maximum absolute atomic E-state index is 5.29. The Morgan fingerprint density at radius 2 is 2.20 bits per heavy atom. The van der Waals surface area contributed by atoms with Crippen LogP contribution < -0.4 is 4.74 Å². The molecule has 0 radical (unpaired) electrons. The summed E-state index contributed by atoms with van der Waals surface area (Å²) < 4.78 is 6.54. The van der Waals surface area contributed by atoms with Gasteiger partial charge in [-0.15, -0.1) is 0 Å². The molecule has 0 spiro atoms. The second-order valence-corrected chi connectivity index (χ2v) is 4.93. The van der Waals surface area contributed by atoms with Crippen LogP contribution in [0.3, 0.4) is 0 Å². The molecule has 1 aliphatic rings. The molecule has 0 saturated carbocycles. The molecule has 0 aliphatic carbocycles. The first-order chi connectivity index (χ1) is 7.31. The van der Waals surface area contributed by atoms with Gasteiger partial charge in [0.15, 0.2) is 0 Å². The molecule has 3 nitrogen and oxygen atoms in total. The van der Waals surface area contributed by atoms with Crippen LogP contribution in [-0.4, -0.2) is 30.1 Å². The van der Waals surface area contributed by atoms with Gasteiger partial charge in [-0.2, -0.15) is 0 Å². The summed E-state index contributed by atoms with van der Waals surface area (Å²) in [6, 6.07) is 2.04. The van der Waals surface area contributed by atoms with Crippen molar-refractivity contribution in [2.75, 3.05) is 20.2 Å². The van der Waals surface area contributed by atoms with Crippen molar-refractivity contribution in [3.05, 3.63) is 21.4 Å². The fourth-order valence-electron chi connectivity index (χ4n) is 1.93. The lowest BCUT2D eigenvalue weighted by Gasteiger charge is -2.17. The van der Waals surface area contributed by atoms with Gasteiger partial charge in [-0.25, -0.2) is 4.98 Å². The van der Waals surface area contributed by atoms with Crippen molar-refractivity contribution in [1.82, 2.24) is 9.88 Å². The molecule has 1 aromatic rings. The summed E-state index contributed by atoms with van der Waals surface area (Å²) in [6.45, 7) is 3.37. The van der Waals surface area contributed by atoms with E-state index in [1.165, 1.54) is 35.1 Å². The standard InChI is InChI=1S/C11H15IN2O/c1-15-11-9(10(12)4-5-13-11)8-14-6-2-3-7-14/h4-5H,2-3,6-8H2,1H3. The Labute approximate surface area is 104 Å². The molecule has 0 amide bonds. The first-order valence-corrected chi connectivity index (χ1v) is 6.29. The Morgan fingerprint density at radius 1 is 1.47 bits per heavy atom. The van der Waals surface area contributed by atoms with Crippen molar-refractivity contribution in [2.45, 2.75) is 19.4 Å². The molecule has 4 heteroatoms. The van der Waals surface area contributed by atoms with Gasteiger partial charge >= 0.3 is 0 Å². The minimum Gasteiger partial charge on any atom is -0.481 e. The van der Waals surface area contributed by atoms with E-state index >= 15 is 0 Å². The van der Waals surface area contributed by atoms with Gasteiger partial charge in [0.05, 0.1) is 7.11 Å². The lowest BCUT2D eigenvalue weighted by atomic mass is 10.2. The van der Waals surface area contributed by atoms with Crippen LogP contribution in [0.2, 0.25) is 0 Å². The molecule has 1 fully saturated rings. The molecule has 0 aromatic carbocycles. The van der Waals surface area contributed by atoms with Crippen LogP contribution in [0.1, 0.15) is 18.4 Å². The smallest absolute Gasteiger partial charge is 0.218 e. The summed E-state index contributed by atoms with van der Waals surface area (Å²) >= 11 is 2.35. The zero-order valence-electron chi connectivity index (χ0n) is 8.87. The maximum atomic E-state index is 5.29. The highest BCUT2D eigenvalue weighted by Gasteiger charge is 2.16. The van der Waals surface area contributed by atoms with E-state index < -0.39 is 0 Å². The quantitative estimate of drug-likeness (QED) is 0.800. The third kappa shape index (κ3) is 2.60. The van der Waals surface area contributed by atoms with Gasteiger partial charge in [-0.05, 0) is 54.6 Å². The van der Waals surface area contributed by atoms with E-state index in [-0.39, 0.29) is 0 Å². The molecule has 2 heterocycles. The molecule has 0 atom stereocenters. The fourth-order valence-corrected chi connectivity index (χ4v) is 2.50. The average molecular weight is 318 g/mol. The van der Waals surface area contributed by atoms with E-state index in [0.717, 1.165) is 12.4 Å². The first kappa shape index (κ1) is 11.1. The topological polar surface area (TPSA) is 25.4 Å². The first-order valence-electron chi connectivity index (χ1n) is 5.21. The molecular formula is C11H15IN2O. The zero-order valence-corrected chi connectivity index (χ0v) is 11.0. The number of ether oxygens (including phenoxy) is 1. The van der Waals surface area contributed by atoms with E-state index in [0.29, 0.717) is 0 Å². The molecule has 1 aliphatic heterocycles. The molecule has 0 bridgehead atoms. The second kappa shape index (κ2) is 5.12. The molecule has 0 N–H and O–H groups in total. The molecule has 1 aromatic heterocycles. The lowest BCUT2D eigenvalue weighted by molar-refractivity contribution is 0.316. The Bertz CT molecular complexity index is 337. The van der Waals surface area contributed by atoms with Crippen molar-refractivity contribution >= 4 is 22.6 Å². The van der Waals surface area contributed by atoms with Gasteiger partial charge in [0.1, 0.15) is 0 Å². The number of pyridine rings is 1. The van der Waals surface area contributed by atoms with Crippen LogP contribution in [0.4, 0.5) is 0 Å². The summed E-state index contributed by atoms with van der Waals surface area (Å²) in [5.41, 5.74) is 1.22. The van der Waals surface area contributed by atoms with Crippen molar-refractivity contribution in [2.24, 2.45) is 0 Å². The molecule has 82 valence electrons. The van der Waals surface area contributed by atoms with Crippen molar-refractivity contribution in [3.63, 3.8) is 0 Å². The summed E-state index contributed by atoms with van der Waals surface area (Å²) in [5, 5.41) is 0. The van der Waals surface area contributed by atoms with Crippen LogP contribution in [0.25, 0.3) is 0 Å². The van der Waals surface area contributed by atoms with E-state index in [1.54, 1.807) is 13.3 Å². The molecule has 2 rings (SSSR count). The number of likely N-dealkylation sites (tertiary alicyclic amines) is 1. The van der Waals surface area contributed by atoms with Crippen LogP contribution in [0.15, 0.2) is 12.3 Å². The molecular weight excluding hydrogens is 303 g/mol. The normalized spacial score (nSPS) is 16.9. The SMILES string of the molecule is COc1nccc(I)c1CN1CCCC1. The third-order valence-corrected chi connectivity index (χ3v) is 3.74. The van der Waals surface area contributed by atoms with Gasteiger partial charge in [0, 0.05) is 21.9 Å². The Balaban J connectivity index is 2.17. The lowest BCUT2D eigenvalue weighted by Crippen LogP contribution is -2.19. The van der Waals surface area contributed by atoms with Gasteiger partial charge in [0.2, 0.25) is 5.88 Å². The number of nitrogens with zero attached hydrogens (tertiary/aromatic N) is 2. The van der Waals surface area contributed by atoms with Crippen LogP contribution in [0, 0.1) is 3.57 Å². The molecule has 0 unspecified atom stereocenters. The van der Waals surface area contributed by atoms with Gasteiger partial charge in [0.25, 0.3) is 0 Å². The minimum absolute atomic E-state index is 0.772. The van der Waals surface area contributed by atoms with Crippen LogP contribution in [0.5, 0.6) is 5.88 Å². The number of hydrogen-bond donors (Lipinski definition) is 0. The van der Waals surface area contributed by atoms with Gasteiger partial charge < -0.3 is 4.74 Å². The minimum atomic E-state index is 0.772. The van der Waals surface area contributed by atoms with E-state index in [2.05, 4.69) is 32.5 Å². The fraction of sp³-hybridized carbons (Fsp3) is 0.545. The summed E-state index contributed by atoms with van der Waals surface area (Å²) in [7, 11) is 1.69. The van der Waals surface area contributed by atoms with E-state index in [4.69, 9.17) is 4.74 Å². The summed E-state index contributed by atoms with van der Waals surface area (Å²) in [5.74, 6) is 0.772. The summed E-state index contributed by atoms with van der Waals surface area (Å²) in [6.07, 6.45) is 4.44. The maximum Gasteiger partial charge on any atom is 0.218 e. The van der Waals surface area contributed by atoms with E-state index in [1.807, 2.05) is 6.07 Å². The molecule has 1 saturated heterocycles. The number of aromatic nitrogens is 1. The van der Waals surface area contributed by atoms with Gasteiger partial charge in [-0.1, -0.05) is 0 Å². The highest BCUT2D eigenvalue weighted by atomic mass is 127. The van der Waals surface area contributed by atoms with Crippen molar-refractivity contribution < 1.29 is 4.74 Å². The van der Waals surface area contributed by atoms with Crippen LogP contribution >= 0.6 is 22.6 Å². The van der Waals surface area contributed by atoms with Gasteiger partial charge in [-0.3, -0.25) is 4.90 Å². The zero-order chi connectivity index (χ0) is 10.7. The number of rotatable bonds is 3. The predicted molar refractivity (Wildman–Crippen MR) is 68.0 cm³/mol. The van der Waals surface area contributed by atoms with Crippen molar-refractivity contribution in [3.8, 4) is 5.88 Å². The largest absolute Gasteiger partial charge is 0.481 e.